The molecule has 0 saturated heterocycles. The van der Waals surface area contributed by atoms with Crippen molar-refractivity contribution >= 4 is 58.0 Å². The molecule has 0 radical (unpaired) electrons. The fourth-order valence-electron chi connectivity index (χ4n) is 4.96. The van der Waals surface area contributed by atoms with E-state index >= 15 is 0 Å². The summed E-state index contributed by atoms with van der Waals surface area (Å²) in [5.74, 6) is 2.10. The highest BCUT2D eigenvalue weighted by Crippen LogP contribution is 2.35. The molecule has 0 amide bonds. The third kappa shape index (κ3) is 3.77. The van der Waals surface area contributed by atoms with Gasteiger partial charge in [0.25, 0.3) is 0 Å². The first-order valence-corrected chi connectivity index (χ1v) is 12.7. The van der Waals surface area contributed by atoms with Gasteiger partial charge in [0.15, 0.2) is 23.3 Å². The molecule has 0 spiro atoms. The topological polar surface area (TPSA) is 109 Å². The molecule has 3 aromatic heterocycles. The molecule has 8 nitrogen and oxygen atoms in total. The zero-order valence-corrected chi connectivity index (χ0v) is 22.3. The molecule has 8 heteroatoms. The van der Waals surface area contributed by atoms with E-state index in [0.717, 1.165) is 44.5 Å². The van der Waals surface area contributed by atoms with Crippen molar-refractivity contribution in [3.05, 3.63) is 96.6 Å². The van der Waals surface area contributed by atoms with E-state index in [-0.39, 0.29) is 0 Å². The lowest BCUT2D eigenvalue weighted by Gasteiger charge is -1.96. The minimum Gasteiger partial charge on any atom is -0.324 e. The van der Waals surface area contributed by atoms with Gasteiger partial charge in [-0.3, -0.25) is 0 Å². The number of H-pyrrole nitrogens is 2. The lowest BCUT2D eigenvalue weighted by atomic mass is 10.1. The number of rotatable bonds is 5. The SMILES string of the molecule is C=Cc1c(C=C)c2nc3nc(nc4[nH]c(nc5nc(nc1[nH]2)C(C)=C5/C=C\C)c(C=C)c4C=C)-c1ccccc1-3. The lowest BCUT2D eigenvalue weighted by molar-refractivity contribution is 1.11. The van der Waals surface area contributed by atoms with Crippen LogP contribution in [0, 0.1) is 0 Å². The van der Waals surface area contributed by atoms with E-state index in [2.05, 4.69) is 36.3 Å². The van der Waals surface area contributed by atoms with Gasteiger partial charge in [-0.15, -0.1) is 0 Å². The van der Waals surface area contributed by atoms with Crippen LogP contribution in [0.15, 0.2) is 62.7 Å². The highest BCUT2D eigenvalue weighted by molar-refractivity contribution is 5.95. The van der Waals surface area contributed by atoms with E-state index in [9.17, 15) is 0 Å². The Labute approximate surface area is 231 Å². The molecule has 0 unspecified atom stereocenters. The predicted octanol–water partition coefficient (Wildman–Crippen LogP) is 7.31. The minimum absolute atomic E-state index is 0.521. The van der Waals surface area contributed by atoms with Crippen LogP contribution in [0.1, 0.15) is 47.8 Å². The Balaban J connectivity index is 1.86. The number of hydrogen-bond donors (Lipinski definition) is 2. The Kier molecular flexibility index (Phi) is 6.00. The average Bonchev–Trinajstić information content (AvgIpc) is 3.67. The summed E-state index contributed by atoms with van der Waals surface area (Å²) in [4.78, 5) is 36.0. The summed E-state index contributed by atoms with van der Waals surface area (Å²) in [5, 5.41) is 0. The van der Waals surface area contributed by atoms with E-state index in [1.54, 1.807) is 24.3 Å². The third-order valence-corrected chi connectivity index (χ3v) is 6.91. The highest BCUT2D eigenvalue weighted by atomic mass is 15.1. The number of nitrogens with one attached hydrogen (secondary N) is 2. The van der Waals surface area contributed by atoms with Crippen molar-refractivity contribution in [2.75, 3.05) is 0 Å². The summed E-state index contributed by atoms with van der Waals surface area (Å²) < 4.78 is 0. The zero-order valence-electron chi connectivity index (χ0n) is 22.3. The van der Waals surface area contributed by atoms with Gasteiger partial charge in [-0.05, 0) is 13.8 Å². The molecular formula is C32H26N8. The molecular weight excluding hydrogens is 496 g/mol. The molecule has 0 atom stereocenters. The number of aromatic amines is 2. The molecule has 40 heavy (non-hydrogen) atoms. The van der Waals surface area contributed by atoms with Crippen LogP contribution in [0.3, 0.4) is 0 Å². The van der Waals surface area contributed by atoms with Crippen molar-refractivity contribution in [2.24, 2.45) is 0 Å². The summed E-state index contributed by atoms with van der Waals surface area (Å²) in [6.45, 7) is 20.0. The molecule has 194 valence electrons. The molecule has 2 aliphatic heterocycles. The Morgan fingerprint density at radius 2 is 0.975 bits per heavy atom. The maximum Gasteiger partial charge on any atom is 0.164 e. The molecule has 2 aliphatic rings. The van der Waals surface area contributed by atoms with E-state index in [1.807, 2.05) is 50.3 Å². The summed E-state index contributed by atoms with van der Waals surface area (Å²) >= 11 is 0. The number of nitrogens with zero attached hydrogens (tertiary/aromatic N) is 6. The van der Waals surface area contributed by atoms with Gasteiger partial charge >= 0.3 is 0 Å². The molecule has 5 heterocycles. The van der Waals surface area contributed by atoms with Gasteiger partial charge < -0.3 is 9.97 Å². The monoisotopic (exact) mass is 522 g/mol. The van der Waals surface area contributed by atoms with Crippen LogP contribution >= 0.6 is 0 Å². The van der Waals surface area contributed by atoms with Crippen LogP contribution in [0.2, 0.25) is 0 Å². The number of fused-ring (bicyclic) bond motifs is 11. The molecule has 4 aromatic rings. The number of allylic oxidation sites excluding steroid dienone is 4. The quantitative estimate of drug-likeness (QED) is 0.250. The second-order valence-electron chi connectivity index (χ2n) is 9.17. The predicted molar refractivity (Wildman–Crippen MR) is 164 cm³/mol. The minimum atomic E-state index is 0.521. The summed E-state index contributed by atoms with van der Waals surface area (Å²) in [6, 6.07) is 7.86. The largest absolute Gasteiger partial charge is 0.324 e. The van der Waals surface area contributed by atoms with Crippen molar-refractivity contribution in [3.8, 4) is 22.8 Å². The van der Waals surface area contributed by atoms with E-state index in [1.165, 1.54) is 0 Å². The van der Waals surface area contributed by atoms with E-state index in [0.29, 0.717) is 45.9 Å². The van der Waals surface area contributed by atoms with Gasteiger partial charge in [0, 0.05) is 44.5 Å². The first-order chi connectivity index (χ1) is 19.5. The Morgan fingerprint density at radius 1 is 0.575 bits per heavy atom. The molecule has 2 N–H and O–H groups in total. The van der Waals surface area contributed by atoms with Crippen molar-refractivity contribution in [3.63, 3.8) is 0 Å². The molecule has 0 saturated carbocycles. The fourth-order valence-corrected chi connectivity index (χ4v) is 4.96. The first-order valence-electron chi connectivity index (χ1n) is 12.7. The molecule has 1 aromatic carbocycles. The zero-order chi connectivity index (χ0) is 28.0. The van der Waals surface area contributed by atoms with Crippen molar-refractivity contribution < 1.29 is 0 Å². The maximum atomic E-state index is 4.92. The molecule has 8 bridgehead atoms. The van der Waals surface area contributed by atoms with Crippen molar-refractivity contribution in [1.82, 2.24) is 39.9 Å². The fraction of sp³-hybridized carbons (Fsp3) is 0.0625. The van der Waals surface area contributed by atoms with Crippen LogP contribution < -0.4 is 0 Å². The Bertz CT molecular complexity index is 2000. The van der Waals surface area contributed by atoms with Crippen LogP contribution in [-0.2, 0) is 0 Å². The van der Waals surface area contributed by atoms with Gasteiger partial charge in [-0.2, -0.15) is 0 Å². The average molecular weight is 523 g/mol. The van der Waals surface area contributed by atoms with Gasteiger partial charge in [-0.25, -0.2) is 29.9 Å². The summed E-state index contributed by atoms with van der Waals surface area (Å²) in [5.41, 5.74) is 8.81. The summed E-state index contributed by atoms with van der Waals surface area (Å²) in [7, 11) is 0. The Hall–Kier alpha value is -5.50. The standard InChI is InChI=1S/C32H26N8/c1-7-14-22-17(6)25-33-26-18(8-2)19(9-3)28(35-26)38-31-23-15-12-13-16-24(23)32(40-31)39-29-21(11-5)20(10-4)27(36-29)37-30(22)34-25/h7-16H,2-5H2,1,6H3,(H2,33,34,35,36,37,38,39,40)/b14-7-. The van der Waals surface area contributed by atoms with Gasteiger partial charge in [0.2, 0.25) is 0 Å². The molecule has 0 aliphatic carbocycles. The van der Waals surface area contributed by atoms with Gasteiger partial charge in [0.05, 0.1) is 0 Å². The number of benzene rings is 1. The third-order valence-electron chi connectivity index (χ3n) is 6.91. The maximum absolute atomic E-state index is 4.92. The molecule has 6 rings (SSSR count). The second-order valence-corrected chi connectivity index (χ2v) is 9.17. The first kappa shape index (κ1) is 24.8. The smallest absolute Gasteiger partial charge is 0.164 e. The van der Waals surface area contributed by atoms with Crippen LogP contribution in [0.4, 0.5) is 0 Å². The van der Waals surface area contributed by atoms with Crippen LogP contribution in [0.5, 0.6) is 0 Å². The molecule has 0 fully saturated rings. The summed E-state index contributed by atoms with van der Waals surface area (Å²) in [6.07, 6.45) is 10.9. The van der Waals surface area contributed by atoms with Crippen molar-refractivity contribution in [2.45, 2.75) is 13.8 Å². The highest BCUT2D eigenvalue weighted by Gasteiger charge is 2.22. The van der Waals surface area contributed by atoms with Crippen molar-refractivity contribution in [1.29, 1.82) is 0 Å². The lowest BCUT2D eigenvalue weighted by Crippen LogP contribution is -1.87. The Morgan fingerprint density at radius 3 is 1.40 bits per heavy atom. The van der Waals surface area contributed by atoms with Crippen LogP contribution in [0.25, 0.3) is 80.8 Å². The van der Waals surface area contributed by atoms with Gasteiger partial charge in [0.1, 0.15) is 22.6 Å². The number of aromatic nitrogens is 8. The number of hydrogen-bond acceptors (Lipinski definition) is 6. The second kappa shape index (κ2) is 9.67. The van der Waals surface area contributed by atoms with E-state index in [4.69, 9.17) is 29.9 Å². The van der Waals surface area contributed by atoms with E-state index < -0.39 is 0 Å². The van der Waals surface area contributed by atoms with Crippen LogP contribution in [-0.4, -0.2) is 39.9 Å². The van der Waals surface area contributed by atoms with Gasteiger partial charge in [-0.1, -0.05) is 87.0 Å². The normalized spacial score (nSPS) is 12.4.